The van der Waals surface area contributed by atoms with Crippen molar-refractivity contribution in [3.05, 3.63) is 33.3 Å². The fourth-order valence-corrected chi connectivity index (χ4v) is 2.60. The summed E-state index contributed by atoms with van der Waals surface area (Å²) in [6, 6.07) is 4.90. The zero-order valence-corrected chi connectivity index (χ0v) is 10.0. The van der Waals surface area contributed by atoms with Crippen LogP contribution < -0.4 is 0 Å². The molecule has 1 aliphatic carbocycles. The van der Waals surface area contributed by atoms with Crippen LogP contribution in [-0.2, 0) is 5.33 Å². The Morgan fingerprint density at radius 2 is 2.15 bits per heavy atom. The summed E-state index contributed by atoms with van der Waals surface area (Å²) in [5.41, 5.74) is 2.35. The molecule has 0 aliphatic heterocycles. The molecule has 0 nitrogen and oxygen atoms in total. The third-order valence-electron chi connectivity index (χ3n) is 2.23. The van der Waals surface area contributed by atoms with Crippen LogP contribution in [0.25, 0.3) is 0 Å². The molecule has 0 bridgehead atoms. The average Bonchev–Trinajstić information content (AvgIpc) is 2.86. The molecule has 0 amide bonds. The fraction of sp³-hybridized carbons (Fsp3) is 0.400. The Balaban J connectivity index is 2.50. The molecule has 1 radical (unpaired) electrons. The third kappa shape index (κ3) is 2.03. The molecule has 2 rings (SSSR count). The summed E-state index contributed by atoms with van der Waals surface area (Å²) in [6.07, 6.45) is 2.49. The molecule has 1 aromatic carbocycles. The molecule has 3 heteroatoms. The van der Waals surface area contributed by atoms with Crippen molar-refractivity contribution in [2.45, 2.75) is 24.1 Å². The zero-order chi connectivity index (χ0) is 9.42. The molecule has 0 atom stereocenters. The highest BCUT2D eigenvalue weighted by Gasteiger charge is 2.28. The van der Waals surface area contributed by atoms with Gasteiger partial charge in [0, 0.05) is 16.4 Å². The van der Waals surface area contributed by atoms with Gasteiger partial charge in [-0.3, -0.25) is 0 Å². The van der Waals surface area contributed by atoms with Crippen LogP contribution in [0.5, 0.6) is 0 Å². The molecule has 0 heterocycles. The molecule has 1 aromatic rings. The van der Waals surface area contributed by atoms with Crippen molar-refractivity contribution in [1.82, 2.24) is 0 Å². The third-order valence-corrected chi connectivity index (χ3v) is 3.30. The first-order valence-electron chi connectivity index (χ1n) is 4.18. The Bertz CT molecular complexity index is 332. The Hall–Kier alpha value is 0.280. The lowest BCUT2D eigenvalue weighted by molar-refractivity contribution is 1.09. The first kappa shape index (κ1) is 9.82. The van der Waals surface area contributed by atoms with Crippen LogP contribution in [0.4, 0.5) is 0 Å². The van der Waals surface area contributed by atoms with Crippen molar-refractivity contribution in [1.29, 1.82) is 0 Å². The highest BCUT2D eigenvalue weighted by molar-refractivity contribution is 9.08. The number of benzene rings is 1. The van der Waals surface area contributed by atoms with Crippen molar-refractivity contribution >= 4 is 39.1 Å². The van der Waals surface area contributed by atoms with Crippen molar-refractivity contribution < 1.29 is 0 Å². The van der Waals surface area contributed by atoms with Gasteiger partial charge in [-0.1, -0.05) is 39.1 Å². The van der Waals surface area contributed by atoms with E-state index in [-0.39, 0.29) is 0 Å². The monoisotopic (exact) mass is 277 g/mol. The molecular weight excluding hydrogens is 271 g/mol. The van der Waals surface area contributed by atoms with E-state index in [1.54, 1.807) is 6.07 Å². The van der Waals surface area contributed by atoms with E-state index in [1.165, 1.54) is 18.4 Å². The molecule has 0 saturated heterocycles. The summed E-state index contributed by atoms with van der Waals surface area (Å²) in [4.78, 5) is 0. The first-order valence-corrected chi connectivity index (χ1v) is 6.06. The number of hydrogen-bond donors (Lipinski definition) is 0. The minimum Gasteiger partial charge on any atom is -0.0876 e. The van der Waals surface area contributed by atoms with Gasteiger partial charge in [-0.15, -0.1) is 0 Å². The minimum absolute atomic E-state index is 0.601. The molecule has 1 aliphatic rings. The zero-order valence-electron chi connectivity index (χ0n) is 6.91. The predicted octanol–water partition coefficient (Wildman–Crippen LogP) is 4.57. The second kappa shape index (κ2) is 3.80. The number of rotatable bonds is 2. The maximum Gasteiger partial charge on any atom is 0.0503 e. The van der Waals surface area contributed by atoms with Crippen LogP contribution in [0, 0.1) is 6.07 Å². The van der Waals surface area contributed by atoms with Crippen LogP contribution in [0.3, 0.4) is 0 Å². The summed E-state index contributed by atoms with van der Waals surface area (Å²) in [7, 11) is 0. The molecule has 0 N–H and O–H groups in total. The lowest BCUT2D eigenvalue weighted by atomic mass is 10.0. The topological polar surface area (TPSA) is 0 Å². The molecule has 13 heavy (non-hydrogen) atoms. The second-order valence-corrected chi connectivity index (χ2v) is 4.64. The van der Waals surface area contributed by atoms with Crippen LogP contribution in [0.1, 0.15) is 29.9 Å². The van der Waals surface area contributed by atoms with Gasteiger partial charge in [0.15, 0.2) is 0 Å². The van der Waals surface area contributed by atoms with E-state index < -0.39 is 0 Å². The van der Waals surface area contributed by atoms with Gasteiger partial charge in [0.2, 0.25) is 0 Å². The van der Waals surface area contributed by atoms with E-state index in [0.717, 1.165) is 15.9 Å². The van der Waals surface area contributed by atoms with Crippen LogP contribution in [0.2, 0.25) is 10.0 Å². The van der Waals surface area contributed by atoms with Crippen molar-refractivity contribution in [3.63, 3.8) is 0 Å². The molecule has 0 spiro atoms. The Morgan fingerprint density at radius 3 is 2.69 bits per heavy atom. The van der Waals surface area contributed by atoms with Crippen LogP contribution in [0.15, 0.2) is 6.07 Å². The van der Waals surface area contributed by atoms with Crippen LogP contribution >= 0.6 is 39.1 Å². The predicted molar refractivity (Wildman–Crippen MR) is 59.9 cm³/mol. The van der Waals surface area contributed by atoms with Gasteiger partial charge in [0.25, 0.3) is 0 Å². The quantitative estimate of drug-likeness (QED) is 0.696. The number of halogens is 3. The Labute approximate surface area is 96.4 Å². The van der Waals surface area contributed by atoms with Gasteiger partial charge in [0.05, 0.1) is 5.02 Å². The van der Waals surface area contributed by atoms with E-state index in [4.69, 9.17) is 23.2 Å². The van der Waals surface area contributed by atoms with Gasteiger partial charge in [-0.05, 0) is 36.0 Å². The van der Waals surface area contributed by atoms with E-state index >= 15 is 0 Å². The summed E-state index contributed by atoms with van der Waals surface area (Å²) >= 11 is 15.4. The van der Waals surface area contributed by atoms with Gasteiger partial charge < -0.3 is 0 Å². The van der Waals surface area contributed by atoms with E-state index in [2.05, 4.69) is 22.0 Å². The molecule has 1 fully saturated rings. The fourth-order valence-electron chi connectivity index (χ4n) is 1.50. The SMILES string of the molecule is Clc1[c]c(CBr)c(C2CC2)c(Cl)c1. The smallest absolute Gasteiger partial charge is 0.0503 e. The Morgan fingerprint density at radius 1 is 1.46 bits per heavy atom. The molecule has 0 aromatic heterocycles. The van der Waals surface area contributed by atoms with Gasteiger partial charge in [-0.25, -0.2) is 0 Å². The maximum absolute atomic E-state index is 6.12. The highest BCUT2D eigenvalue weighted by atomic mass is 79.9. The minimum atomic E-state index is 0.601. The van der Waals surface area contributed by atoms with Crippen molar-refractivity contribution in [2.75, 3.05) is 0 Å². The summed E-state index contributed by atoms with van der Waals surface area (Å²) in [6.45, 7) is 0. The molecular formula is C10H8BrCl2. The summed E-state index contributed by atoms with van der Waals surface area (Å²) < 4.78 is 0. The van der Waals surface area contributed by atoms with E-state index in [9.17, 15) is 0 Å². The largest absolute Gasteiger partial charge is 0.0876 e. The molecule has 69 valence electrons. The number of alkyl halides is 1. The Kier molecular flexibility index (Phi) is 2.87. The summed E-state index contributed by atoms with van der Waals surface area (Å²) in [5, 5.41) is 2.17. The number of hydrogen-bond acceptors (Lipinski definition) is 0. The van der Waals surface area contributed by atoms with Crippen molar-refractivity contribution in [3.8, 4) is 0 Å². The first-order chi connectivity index (χ1) is 6.22. The maximum atomic E-state index is 6.12. The molecule has 1 saturated carbocycles. The van der Waals surface area contributed by atoms with E-state index in [0.29, 0.717) is 10.9 Å². The van der Waals surface area contributed by atoms with Crippen LogP contribution in [-0.4, -0.2) is 0 Å². The van der Waals surface area contributed by atoms with Crippen molar-refractivity contribution in [2.24, 2.45) is 0 Å². The second-order valence-electron chi connectivity index (χ2n) is 3.27. The van der Waals surface area contributed by atoms with Gasteiger partial charge >= 0.3 is 0 Å². The standard InChI is InChI=1S/C10H8BrCl2/c11-5-7-3-8(12)4-9(13)10(7)6-1-2-6/h4,6H,1-2,5H2. The van der Waals surface area contributed by atoms with Gasteiger partial charge in [-0.2, -0.15) is 0 Å². The summed E-state index contributed by atoms with van der Waals surface area (Å²) in [5.74, 6) is 0.647. The van der Waals surface area contributed by atoms with E-state index in [1.807, 2.05) is 0 Å². The lowest BCUT2D eigenvalue weighted by Gasteiger charge is -2.08. The lowest BCUT2D eigenvalue weighted by Crippen LogP contribution is -1.91. The average molecular weight is 279 g/mol. The van der Waals surface area contributed by atoms with Gasteiger partial charge in [0.1, 0.15) is 0 Å². The highest BCUT2D eigenvalue weighted by Crippen LogP contribution is 2.45. The molecule has 0 unspecified atom stereocenters. The normalized spacial score (nSPS) is 16.2.